The lowest BCUT2D eigenvalue weighted by molar-refractivity contribution is -0.137. The van der Waals surface area contributed by atoms with E-state index in [4.69, 9.17) is 28.3 Å². The molecule has 0 heterocycles. The fourth-order valence-corrected chi connectivity index (χ4v) is 1.36. The zero-order valence-corrected chi connectivity index (χ0v) is 8.93. The Bertz CT molecular complexity index is 355. The van der Waals surface area contributed by atoms with Crippen molar-refractivity contribution in [3.05, 3.63) is 28.2 Å². The van der Waals surface area contributed by atoms with Crippen molar-refractivity contribution in [2.75, 3.05) is 5.32 Å². The molecule has 0 aliphatic heterocycles. The molecule has 0 saturated heterocycles. The normalized spacial score (nSPS) is 12.2. The summed E-state index contributed by atoms with van der Waals surface area (Å²) in [6, 6.07) is 4.16. The van der Waals surface area contributed by atoms with E-state index in [9.17, 15) is 4.79 Å². The number of anilines is 1. The Morgan fingerprint density at radius 3 is 2.64 bits per heavy atom. The van der Waals surface area contributed by atoms with E-state index in [0.717, 1.165) is 0 Å². The summed E-state index contributed by atoms with van der Waals surface area (Å²) in [4.78, 5) is 10.6. The van der Waals surface area contributed by atoms with Crippen LogP contribution in [0.15, 0.2) is 18.2 Å². The first-order valence-corrected chi connectivity index (χ1v) is 4.70. The van der Waals surface area contributed by atoms with Gasteiger partial charge < -0.3 is 10.4 Å². The van der Waals surface area contributed by atoms with Crippen LogP contribution in [-0.2, 0) is 4.79 Å². The number of nitrogens with one attached hydrogen (secondary N) is 1. The summed E-state index contributed by atoms with van der Waals surface area (Å²) in [7, 11) is 0. The first-order valence-electron chi connectivity index (χ1n) is 3.95. The van der Waals surface area contributed by atoms with Crippen molar-refractivity contribution in [2.24, 2.45) is 0 Å². The van der Waals surface area contributed by atoms with Gasteiger partial charge in [0.15, 0.2) is 0 Å². The van der Waals surface area contributed by atoms with E-state index in [-0.39, 0.29) is 0 Å². The summed E-state index contributed by atoms with van der Waals surface area (Å²) < 4.78 is 0. The summed E-state index contributed by atoms with van der Waals surface area (Å²) >= 11 is 11.5. The van der Waals surface area contributed by atoms with Gasteiger partial charge in [0.1, 0.15) is 6.04 Å². The predicted octanol–water partition coefficient (Wildman–Crippen LogP) is 2.88. The van der Waals surface area contributed by atoms with Crippen LogP contribution in [0.1, 0.15) is 6.92 Å². The number of carboxylic acids is 1. The van der Waals surface area contributed by atoms with E-state index in [0.29, 0.717) is 15.7 Å². The summed E-state index contributed by atoms with van der Waals surface area (Å²) in [6.07, 6.45) is 0. The number of halogens is 2. The maximum Gasteiger partial charge on any atom is 0.325 e. The van der Waals surface area contributed by atoms with Crippen LogP contribution in [0.2, 0.25) is 10.0 Å². The highest BCUT2D eigenvalue weighted by Crippen LogP contribution is 2.25. The molecule has 0 radical (unpaired) electrons. The Kier molecular flexibility index (Phi) is 3.61. The number of hydrogen-bond donors (Lipinski definition) is 2. The lowest BCUT2D eigenvalue weighted by Gasteiger charge is -2.11. The molecular weight excluding hydrogens is 225 g/mol. The Labute approximate surface area is 91.6 Å². The summed E-state index contributed by atoms with van der Waals surface area (Å²) in [5.74, 6) is -0.934. The third-order valence-corrected chi connectivity index (χ3v) is 2.22. The van der Waals surface area contributed by atoms with Gasteiger partial charge in [-0.2, -0.15) is 0 Å². The van der Waals surface area contributed by atoms with Crippen LogP contribution in [0.3, 0.4) is 0 Å². The first-order chi connectivity index (χ1) is 6.50. The molecule has 0 saturated carbocycles. The summed E-state index contributed by atoms with van der Waals surface area (Å²) in [5.41, 5.74) is 0.561. The molecule has 0 amide bonds. The SMILES string of the molecule is C[C@@H](Nc1ccc(Cl)cc1Cl)C(=O)O. The van der Waals surface area contributed by atoms with Crippen LogP contribution >= 0.6 is 23.2 Å². The van der Waals surface area contributed by atoms with Crippen molar-refractivity contribution < 1.29 is 9.90 Å². The van der Waals surface area contributed by atoms with Crippen molar-refractivity contribution in [1.82, 2.24) is 0 Å². The Hall–Kier alpha value is -0.930. The molecule has 2 N–H and O–H groups in total. The average molecular weight is 234 g/mol. The van der Waals surface area contributed by atoms with Crippen LogP contribution in [-0.4, -0.2) is 17.1 Å². The van der Waals surface area contributed by atoms with Gasteiger partial charge >= 0.3 is 5.97 Å². The van der Waals surface area contributed by atoms with E-state index < -0.39 is 12.0 Å². The lowest BCUT2D eigenvalue weighted by atomic mass is 10.2. The van der Waals surface area contributed by atoms with Gasteiger partial charge in [-0.05, 0) is 25.1 Å². The number of benzene rings is 1. The Balaban J connectivity index is 2.82. The predicted molar refractivity (Wildman–Crippen MR) is 57.2 cm³/mol. The second-order valence-corrected chi connectivity index (χ2v) is 3.67. The lowest BCUT2D eigenvalue weighted by Crippen LogP contribution is -2.25. The van der Waals surface area contributed by atoms with Crippen molar-refractivity contribution in [3.8, 4) is 0 Å². The summed E-state index contributed by atoms with van der Waals surface area (Å²) in [6.45, 7) is 1.53. The molecule has 0 spiro atoms. The highest BCUT2D eigenvalue weighted by molar-refractivity contribution is 6.36. The second-order valence-electron chi connectivity index (χ2n) is 2.83. The van der Waals surface area contributed by atoms with Crippen LogP contribution in [0, 0.1) is 0 Å². The van der Waals surface area contributed by atoms with E-state index in [2.05, 4.69) is 5.32 Å². The minimum absolute atomic E-state index is 0.408. The van der Waals surface area contributed by atoms with Gasteiger partial charge in [0.05, 0.1) is 10.7 Å². The fraction of sp³-hybridized carbons (Fsp3) is 0.222. The van der Waals surface area contributed by atoms with Gasteiger partial charge in [0.25, 0.3) is 0 Å². The molecule has 0 fully saturated rings. The van der Waals surface area contributed by atoms with Gasteiger partial charge in [-0.15, -0.1) is 0 Å². The average Bonchev–Trinajstić information content (AvgIpc) is 2.09. The molecule has 0 unspecified atom stereocenters. The number of aliphatic carboxylic acids is 1. The largest absolute Gasteiger partial charge is 0.480 e. The molecule has 1 atom stereocenters. The Morgan fingerprint density at radius 2 is 2.14 bits per heavy atom. The standard InChI is InChI=1S/C9H9Cl2NO2/c1-5(9(13)14)12-8-3-2-6(10)4-7(8)11/h2-5,12H,1H3,(H,13,14)/t5-/m1/s1. The monoisotopic (exact) mass is 233 g/mol. The number of rotatable bonds is 3. The van der Waals surface area contributed by atoms with E-state index in [1.807, 2.05) is 0 Å². The van der Waals surface area contributed by atoms with Crippen LogP contribution in [0.5, 0.6) is 0 Å². The van der Waals surface area contributed by atoms with Crippen molar-refractivity contribution in [3.63, 3.8) is 0 Å². The van der Waals surface area contributed by atoms with Crippen molar-refractivity contribution >= 4 is 34.9 Å². The number of hydrogen-bond acceptors (Lipinski definition) is 2. The third-order valence-electron chi connectivity index (χ3n) is 1.67. The fourth-order valence-electron chi connectivity index (χ4n) is 0.902. The maximum atomic E-state index is 10.6. The Morgan fingerprint density at radius 1 is 1.50 bits per heavy atom. The molecule has 1 rings (SSSR count). The van der Waals surface area contributed by atoms with Crippen molar-refractivity contribution in [1.29, 1.82) is 0 Å². The maximum absolute atomic E-state index is 10.6. The molecule has 0 aromatic heterocycles. The quantitative estimate of drug-likeness (QED) is 0.845. The van der Waals surface area contributed by atoms with Crippen molar-refractivity contribution in [2.45, 2.75) is 13.0 Å². The highest BCUT2D eigenvalue weighted by atomic mass is 35.5. The van der Waals surface area contributed by atoms with E-state index >= 15 is 0 Å². The molecule has 76 valence electrons. The van der Waals surface area contributed by atoms with Crippen LogP contribution < -0.4 is 5.32 Å². The molecule has 0 aliphatic carbocycles. The zero-order valence-electron chi connectivity index (χ0n) is 7.42. The topological polar surface area (TPSA) is 49.3 Å². The smallest absolute Gasteiger partial charge is 0.325 e. The highest BCUT2D eigenvalue weighted by Gasteiger charge is 2.11. The van der Waals surface area contributed by atoms with Gasteiger partial charge in [0.2, 0.25) is 0 Å². The van der Waals surface area contributed by atoms with Crippen LogP contribution in [0.25, 0.3) is 0 Å². The molecule has 0 bridgehead atoms. The first kappa shape index (κ1) is 11.1. The third kappa shape index (κ3) is 2.79. The molecule has 1 aromatic rings. The van der Waals surface area contributed by atoms with Gasteiger partial charge in [-0.25, -0.2) is 0 Å². The number of carboxylic acid groups (broad SMARTS) is 1. The van der Waals surface area contributed by atoms with Gasteiger partial charge in [-0.3, -0.25) is 4.79 Å². The van der Waals surface area contributed by atoms with Gasteiger partial charge in [-0.1, -0.05) is 23.2 Å². The molecule has 14 heavy (non-hydrogen) atoms. The van der Waals surface area contributed by atoms with Gasteiger partial charge in [0, 0.05) is 5.02 Å². The molecule has 1 aromatic carbocycles. The molecule has 5 heteroatoms. The summed E-state index contributed by atoms with van der Waals surface area (Å²) in [5, 5.41) is 12.3. The zero-order chi connectivity index (χ0) is 10.7. The van der Waals surface area contributed by atoms with E-state index in [1.165, 1.54) is 6.92 Å². The molecule has 0 aliphatic rings. The molecule has 3 nitrogen and oxygen atoms in total. The molecular formula is C9H9Cl2NO2. The minimum Gasteiger partial charge on any atom is -0.480 e. The van der Waals surface area contributed by atoms with E-state index in [1.54, 1.807) is 18.2 Å². The van der Waals surface area contributed by atoms with Crippen LogP contribution in [0.4, 0.5) is 5.69 Å². The number of carbonyl (C=O) groups is 1. The second kappa shape index (κ2) is 4.53. The minimum atomic E-state index is -0.934.